The van der Waals surface area contributed by atoms with E-state index in [9.17, 15) is 4.79 Å². The Morgan fingerprint density at radius 3 is 2.55 bits per heavy atom. The molecule has 1 fully saturated rings. The average Bonchev–Trinajstić information content (AvgIpc) is 2.78. The van der Waals surface area contributed by atoms with E-state index in [-0.39, 0.29) is 0 Å². The Hall–Kier alpha value is -1.95. The summed E-state index contributed by atoms with van der Waals surface area (Å²) in [7, 11) is 0. The van der Waals surface area contributed by atoms with Crippen molar-refractivity contribution in [1.82, 2.24) is 4.90 Å². The van der Waals surface area contributed by atoms with E-state index in [0.717, 1.165) is 69.0 Å². The first kappa shape index (κ1) is 22.3. The third kappa shape index (κ3) is 5.46. The molecule has 31 heavy (non-hydrogen) atoms. The van der Waals surface area contributed by atoms with E-state index in [2.05, 4.69) is 15.9 Å². The van der Waals surface area contributed by atoms with Gasteiger partial charge < -0.3 is 15.4 Å². The molecule has 0 bridgehead atoms. The molecule has 2 N–H and O–H groups in total. The van der Waals surface area contributed by atoms with E-state index in [1.54, 1.807) is 0 Å². The van der Waals surface area contributed by atoms with Gasteiger partial charge in [0, 0.05) is 39.0 Å². The fraction of sp³-hybridized carbons (Fsp3) is 0.458. The number of fused-ring (bicyclic) bond motifs is 1. The van der Waals surface area contributed by atoms with Crippen molar-refractivity contribution in [3.05, 3.63) is 51.5 Å². The molecule has 4 rings (SSSR count). The van der Waals surface area contributed by atoms with Crippen molar-refractivity contribution in [3.63, 3.8) is 0 Å². The first-order valence-corrected chi connectivity index (χ1v) is 11.7. The number of piperazine rings is 1. The van der Waals surface area contributed by atoms with Crippen LogP contribution < -0.4 is 15.4 Å². The summed E-state index contributed by atoms with van der Waals surface area (Å²) in [6, 6.07) is 9.95. The summed E-state index contributed by atoms with van der Waals surface area (Å²) in [6.07, 6.45) is 4.18. The van der Waals surface area contributed by atoms with Gasteiger partial charge in [0.2, 0.25) is 0 Å². The molecule has 5 nitrogen and oxygen atoms in total. The number of benzene rings is 2. The molecule has 2 aromatic rings. The molecule has 1 saturated heterocycles. The fourth-order valence-corrected chi connectivity index (χ4v) is 4.77. The molecule has 2 aromatic carbocycles. The molecule has 1 aliphatic carbocycles. The number of Topliss-reactive ketones (excluding diaryl/α,β-unsaturated/α-hetero) is 1. The Balaban J connectivity index is 1.16. The highest BCUT2D eigenvalue weighted by Gasteiger charge is 2.20. The van der Waals surface area contributed by atoms with Crippen LogP contribution in [0.2, 0.25) is 10.0 Å². The maximum atomic E-state index is 11.7. The largest absolute Gasteiger partial charge is 0.494 e. The Labute approximate surface area is 194 Å². The normalized spacial score (nSPS) is 17.0. The lowest BCUT2D eigenvalue weighted by Crippen LogP contribution is -2.46. The Kier molecular flexibility index (Phi) is 7.26. The highest BCUT2D eigenvalue weighted by Crippen LogP contribution is 2.37. The van der Waals surface area contributed by atoms with Crippen molar-refractivity contribution < 1.29 is 9.53 Å². The molecule has 0 atom stereocenters. The van der Waals surface area contributed by atoms with Crippen LogP contribution in [0.15, 0.2) is 30.3 Å². The molecular formula is C24H29Cl2N3O2. The van der Waals surface area contributed by atoms with Crippen LogP contribution in [0.4, 0.5) is 11.4 Å². The standard InChI is InChI=1S/C24H29Cl2N3O2/c25-23-21(27)7-8-22(24(23)26)29-12-10-28(11-13-29)9-1-2-14-31-20-6-4-17-3-5-19(30)15-18(17)16-20/h4,6-8,16H,1-3,5,9-15,27H2. The number of ketones is 1. The molecule has 0 aromatic heterocycles. The van der Waals surface area contributed by atoms with E-state index in [1.807, 2.05) is 24.3 Å². The summed E-state index contributed by atoms with van der Waals surface area (Å²) >= 11 is 12.6. The van der Waals surface area contributed by atoms with Gasteiger partial charge in [-0.2, -0.15) is 0 Å². The van der Waals surface area contributed by atoms with Gasteiger partial charge in [0.1, 0.15) is 11.5 Å². The number of nitrogens with two attached hydrogens (primary N) is 1. The van der Waals surface area contributed by atoms with Crippen LogP contribution in [0.25, 0.3) is 0 Å². The second-order valence-corrected chi connectivity index (χ2v) is 9.09. The number of nitrogen functional groups attached to an aromatic ring is 1. The number of nitrogens with zero attached hydrogens (tertiary/aromatic N) is 2. The lowest BCUT2D eigenvalue weighted by atomic mass is 9.91. The van der Waals surface area contributed by atoms with Gasteiger partial charge in [-0.1, -0.05) is 29.3 Å². The Morgan fingerprint density at radius 2 is 1.74 bits per heavy atom. The van der Waals surface area contributed by atoms with Crippen molar-refractivity contribution in [1.29, 1.82) is 0 Å². The van der Waals surface area contributed by atoms with Crippen molar-refractivity contribution in [2.75, 3.05) is 50.0 Å². The van der Waals surface area contributed by atoms with Crippen molar-refractivity contribution in [2.45, 2.75) is 32.1 Å². The molecule has 1 heterocycles. The summed E-state index contributed by atoms with van der Waals surface area (Å²) in [5.74, 6) is 1.20. The predicted octanol–water partition coefficient (Wildman–Crippen LogP) is 4.61. The number of hydrogen-bond donors (Lipinski definition) is 1. The lowest BCUT2D eigenvalue weighted by Gasteiger charge is -2.36. The number of halogens is 2. The number of rotatable bonds is 7. The third-order valence-electron chi connectivity index (χ3n) is 6.18. The summed E-state index contributed by atoms with van der Waals surface area (Å²) < 4.78 is 5.93. The fourth-order valence-electron chi connectivity index (χ4n) is 4.31. The number of carbonyl (C=O) groups is 1. The summed E-state index contributed by atoms with van der Waals surface area (Å²) in [5.41, 5.74) is 9.72. The van der Waals surface area contributed by atoms with Gasteiger partial charge in [0.05, 0.1) is 28.0 Å². The molecule has 0 radical (unpaired) electrons. The average molecular weight is 462 g/mol. The minimum atomic E-state index is 0.325. The quantitative estimate of drug-likeness (QED) is 0.481. The number of ether oxygens (including phenoxy) is 1. The topological polar surface area (TPSA) is 58.8 Å². The Morgan fingerprint density at radius 1 is 0.935 bits per heavy atom. The number of unbranched alkanes of at least 4 members (excludes halogenated alkanes) is 1. The predicted molar refractivity (Wildman–Crippen MR) is 128 cm³/mol. The van der Waals surface area contributed by atoms with Gasteiger partial charge in [-0.3, -0.25) is 9.69 Å². The zero-order valence-electron chi connectivity index (χ0n) is 17.7. The maximum absolute atomic E-state index is 11.7. The van der Waals surface area contributed by atoms with Gasteiger partial charge >= 0.3 is 0 Å². The van der Waals surface area contributed by atoms with E-state index in [1.165, 1.54) is 5.56 Å². The second-order valence-electron chi connectivity index (χ2n) is 8.33. The van der Waals surface area contributed by atoms with Gasteiger partial charge in [-0.05, 0) is 61.2 Å². The van der Waals surface area contributed by atoms with Crippen LogP contribution in [0.5, 0.6) is 5.75 Å². The van der Waals surface area contributed by atoms with Gasteiger partial charge in [0.25, 0.3) is 0 Å². The first-order valence-electron chi connectivity index (χ1n) is 11.0. The summed E-state index contributed by atoms with van der Waals surface area (Å²) in [6.45, 7) is 5.60. The molecule has 0 unspecified atom stereocenters. The monoisotopic (exact) mass is 461 g/mol. The molecule has 0 amide bonds. The maximum Gasteiger partial charge on any atom is 0.137 e. The molecule has 7 heteroatoms. The highest BCUT2D eigenvalue weighted by molar-refractivity contribution is 6.45. The minimum absolute atomic E-state index is 0.325. The SMILES string of the molecule is Nc1ccc(N2CCN(CCCCOc3ccc4c(c3)CC(=O)CC4)CC2)c(Cl)c1Cl. The van der Waals surface area contributed by atoms with Crippen molar-refractivity contribution in [2.24, 2.45) is 0 Å². The van der Waals surface area contributed by atoms with Crippen molar-refractivity contribution >= 4 is 40.4 Å². The van der Waals surface area contributed by atoms with E-state index in [0.29, 0.717) is 41.0 Å². The van der Waals surface area contributed by atoms with Crippen LogP contribution in [-0.2, 0) is 17.6 Å². The van der Waals surface area contributed by atoms with Crippen LogP contribution in [0.1, 0.15) is 30.4 Å². The van der Waals surface area contributed by atoms with Gasteiger partial charge in [0.15, 0.2) is 0 Å². The molecular weight excluding hydrogens is 433 g/mol. The van der Waals surface area contributed by atoms with Crippen LogP contribution >= 0.6 is 23.2 Å². The van der Waals surface area contributed by atoms with Crippen molar-refractivity contribution in [3.8, 4) is 5.75 Å². The van der Waals surface area contributed by atoms with Crippen LogP contribution in [0.3, 0.4) is 0 Å². The molecule has 2 aliphatic rings. The second kappa shape index (κ2) is 10.1. The van der Waals surface area contributed by atoms with E-state index >= 15 is 0 Å². The number of carbonyl (C=O) groups excluding carboxylic acids is 1. The highest BCUT2D eigenvalue weighted by atomic mass is 35.5. The van der Waals surface area contributed by atoms with Crippen LogP contribution in [0, 0.1) is 0 Å². The third-order valence-corrected chi connectivity index (χ3v) is 7.07. The lowest BCUT2D eigenvalue weighted by molar-refractivity contribution is -0.118. The van der Waals surface area contributed by atoms with E-state index in [4.69, 9.17) is 33.7 Å². The molecule has 0 saturated carbocycles. The van der Waals surface area contributed by atoms with E-state index < -0.39 is 0 Å². The van der Waals surface area contributed by atoms with Crippen LogP contribution in [-0.4, -0.2) is 50.0 Å². The Bertz CT molecular complexity index is 943. The summed E-state index contributed by atoms with van der Waals surface area (Å²) in [5, 5.41) is 0.978. The number of anilines is 2. The zero-order chi connectivity index (χ0) is 21.8. The first-order chi connectivity index (χ1) is 15.0. The molecule has 1 aliphatic heterocycles. The minimum Gasteiger partial charge on any atom is -0.494 e. The zero-order valence-corrected chi connectivity index (χ0v) is 19.2. The molecule has 0 spiro atoms. The van der Waals surface area contributed by atoms with Gasteiger partial charge in [-0.25, -0.2) is 0 Å². The number of aryl methyl sites for hydroxylation is 1. The summed E-state index contributed by atoms with van der Waals surface area (Å²) in [4.78, 5) is 16.4. The molecule has 166 valence electrons. The number of hydrogen-bond acceptors (Lipinski definition) is 5. The smallest absolute Gasteiger partial charge is 0.137 e. The van der Waals surface area contributed by atoms with Gasteiger partial charge in [-0.15, -0.1) is 0 Å².